The number of carbonyl (C=O) groups excluding carboxylic acids is 2. The van der Waals surface area contributed by atoms with Crippen LogP contribution in [0.3, 0.4) is 0 Å². The molecule has 1 aliphatic rings. The van der Waals surface area contributed by atoms with Crippen LogP contribution in [0.1, 0.15) is 40.5 Å². The maximum Gasteiger partial charge on any atom is 0.255 e. The summed E-state index contributed by atoms with van der Waals surface area (Å²) in [6, 6.07) is 9.17. The normalized spacial score (nSPS) is 15.4. The predicted molar refractivity (Wildman–Crippen MR) is 110 cm³/mol. The van der Waals surface area contributed by atoms with Gasteiger partial charge in [0.25, 0.3) is 11.9 Å². The van der Waals surface area contributed by atoms with Gasteiger partial charge in [-0.1, -0.05) is 12.1 Å². The minimum absolute atomic E-state index is 0.105. The van der Waals surface area contributed by atoms with E-state index >= 15 is 0 Å². The van der Waals surface area contributed by atoms with Crippen molar-refractivity contribution in [3.63, 3.8) is 0 Å². The Bertz CT molecular complexity index is 1120. The number of primary amides is 1. The highest BCUT2D eigenvalue weighted by molar-refractivity contribution is 5.95. The predicted octanol–water partition coefficient (Wildman–Crippen LogP) is 1.93. The van der Waals surface area contributed by atoms with Gasteiger partial charge in [0.15, 0.2) is 6.61 Å². The molecule has 2 aromatic heterocycles. The summed E-state index contributed by atoms with van der Waals surface area (Å²) in [4.78, 5) is 32.4. The first-order valence-corrected chi connectivity index (χ1v) is 9.55. The van der Waals surface area contributed by atoms with E-state index in [9.17, 15) is 9.59 Å². The standard InChI is InChI=1S/C21H22N6O3/c1-11-8-12(2)24-21(23-11)27-20-19(13(3)26-27)16(9-18(29)25-20)14-4-6-15(7-5-14)30-10-17(22)28/h4-8,16H,9-10H2,1-3H3,(H2,22,28)(H,25,29)/t16-/m1/s1. The van der Waals surface area contributed by atoms with Crippen LogP contribution in [-0.4, -0.2) is 38.2 Å². The fourth-order valence-corrected chi connectivity index (χ4v) is 3.73. The Morgan fingerprint density at radius 1 is 1.20 bits per heavy atom. The number of benzene rings is 1. The quantitative estimate of drug-likeness (QED) is 0.667. The number of nitrogens with two attached hydrogens (primary N) is 1. The molecule has 0 saturated heterocycles. The van der Waals surface area contributed by atoms with Crippen molar-refractivity contribution in [2.24, 2.45) is 5.73 Å². The van der Waals surface area contributed by atoms with Crippen LogP contribution in [0, 0.1) is 20.8 Å². The minimum Gasteiger partial charge on any atom is -0.484 e. The Balaban J connectivity index is 1.73. The SMILES string of the molecule is Cc1cc(C)nc(-n2nc(C)c3c2NC(=O)C[C@@H]3c2ccc(OCC(N)=O)cc2)n1. The lowest BCUT2D eigenvalue weighted by atomic mass is 9.86. The summed E-state index contributed by atoms with van der Waals surface area (Å²) < 4.78 is 6.92. The van der Waals surface area contributed by atoms with Crippen LogP contribution in [0.2, 0.25) is 0 Å². The third kappa shape index (κ3) is 3.73. The number of rotatable bonds is 5. The number of carbonyl (C=O) groups is 2. The van der Waals surface area contributed by atoms with Gasteiger partial charge in [-0.3, -0.25) is 9.59 Å². The number of anilines is 1. The summed E-state index contributed by atoms with van der Waals surface area (Å²) >= 11 is 0. The minimum atomic E-state index is -0.538. The largest absolute Gasteiger partial charge is 0.484 e. The average molecular weight is 406 g/mol. The van der Waals surface area contributed by atoms with Gasteiger partial charge in [-0.2, -0.15) is 9.78 Å². The van der Waals surface area contributed by atoms with E-state index in [0.29, 0.717) is 23.9 Å². The molecule has 9 heteroatoms. The second kappa shape index (κ2) is 7.58. The van der Waals surface area contributed by atoms with Crippen LogP contribution >= 0.6 is 0 Å². The van der Waals surface area contributed by atoms with Gasteiger partial charge in [0.1, 0.15) is 11.6 Å². The molecule has 0 unspecified atom stereocenters. The summed E-state index contributed by atoms with van der Waals surface area (Å²) in [5.74, 6) is 0.741. The highest BCUT2D eigenvalue weighted by Crippen LogP contribution is 2.40. The van der Waals surface area contributed by atoms with E-state index in [-0.39, 0.29) is 18.4 Å². The van der Waals surface area contributed by atoms with Crippen LogP contribution in [0.4, 0.5) is 5.82 Å². The van der Waals surface area contributed by atoms with Crippen LogP contribution in [0.25, 0.3) is 5.95 Å². The number of aromatic nitrogens is 4. The molecule has 1 aliphatic heterocycles. The van der Waals surface area contributed by atoms with E-state index in [1.807, 2.05) is 39.0 Å². The van der Waals surface area contributed by atoms with Gasteiger partial charge in [-0.05, 0) is 44.5 Å². The molecule has 1 aromatic carbocycles. The van der Waals surface area contributed by atoms with Crippen molar-refractivity contribution in [3.8, 4) is 11.7 Å². The van der Waals surface area contributed by atoms with Crippen molar-refractivity contribution in [1.29, 1.82) is 0 Å². The lowest BCUT2D eigenvalue weighted by Gasteiger charge is -2.24. The number of hydrogen-bond acceptors (Lipinski definition) is 6. The second-order valence-corrected chi connectivity index (χ2v) is 7.34. The molecule has 4 rings (SSSR count). The van der Waals surface area contributed by atoms with E-state index in [2.05, 4.69) is 20.4 Å². The summed E-state index contributed by atoms with van der Waals surface area (Å²) in [6.45, 7) is 5.51. The number of nitrogens with one attached hydrogen (secondary N) is 1. The number of fused-ring (bicyclic) bond motifs is 1. The van der Waals surface area contributed by atoms with Crippen molar-refractivity contribution < 1.29 is 14.3 Å². The summed E-state index contributed by atoms with van der Waals surface area (Å²) in [7, 11) is 0. The van der Waals surface area contributed by atoms with Crippen LogP contribution in [-0.2, 0) is 9.59 Å². The van der Waals surface area contributed by atoms with Gasteiger partial charge in [0, 0.05) is 29.3 Å². The van der Waals surface area contributed by atoms with Crippen molar-refractivity contribution in [2.45, 2.75) is 33.1 Å². The molecular weight excluding hydrogens is 384 g/mol. The molecule has 0 saturated carbocycles. The highest BCUT2D eigenvalue weighted by atomic mass is 16.5. The van der Waals surface area contributed by atoms with Crippen molar-refractivity contribution in [2.75, 3.05) is 11.9 Å². The van der Waals surface area contributed by atoms with Crippen LogP contribution < -0.4 is 15.8 Å². The smallest absolute Gasteiger partial charge is 0.255 e. The van der Waals surface area contributed by atoms with Gasteiger partial charge in [-0.25, -0.2) is 9.97 Å². The Morgan fingerprint density at radius 2 is 1.87 bits per heavy atom. The molecule has 3 heterocycles. The topological polar surface area (TPSA) is 125 Å². The number of hydrogen-bond donors (Lipinski definition) is 2. The maximum absolute atomic E-state index is 12.5. The van der Waals surface area contributed by atoms with E-state index in [4.69, 9.17) is 10.5 Å². The van der Waals surface area contributed by atoms with E-state index in [0.717, 1.165) is 28.2 Å². The third-order valence-electron chi connectivity index (χ3n) is 4.93. The molecule has 3 aromatic rings. The van der Waals surface area contributed by atoms with Gasteiger partial charge in [0.05, 0.1) is 5.69 Å². The van der Waals surface area contributed by atoms with E-state index < -0.39 is 5.91 Å². The van der Waals surface area contributed by atoms with Gasteiger partial charge < -0.3 is 15.8 Å². The lowest BCUT2D eigenvalue weighted by Crippen LogP contribution is -2.25. The van der Waals surface area contributed by atoms with Gasteiger partial charge in [0.2, 0.25) is 5.91 Å². The number of nitrogens with zero attached hydrogens (tertiary/aromatic N) is 4. The Hall–Kier alpha value is -3.75. The van der Waals surface area contributed by atoms with E-state index in [1.165, 1.54) is 0 Å². The van der Waals surface area contributed by atoms with Gasteiger partial charge >= 0.3 is 0 Å². The second-order valence-electron chi connectivity index (χ2n) is 7.34. The van der Waals surface area contributed by atoms with Crippen LogP contribution in [0.15, 0.2) is 30.3 Å². The number of amides is 2. The molecule has 1 atom stereocenters. The summed E-state index contributed by atoms with van der Waals surface area (Å²) in [5.41, 5.74) is 9.44. The molecule has 0 aliphatic carbocycles. The van der Waals surface area contributed by atoms with Crippen molar-refractivity contribution >= 4 is 17.6 Å². The first-order valence-electron chi connectivity index (χ1n) is 9.55. The monoisotopic (exact) mass is 406 g/mol. The lowest BCUT2D eigenvalue weighted by molar-refractivity contribution is -0.120. The fraction of sp³-hybridized carbons (Fsp3) is 0.286. The summed E-state index contributed by atoms with van der Waals surface area (Å²) in [6.07, 6.45) is 0.300. The summed E-state index contributed by atoms with van der Waals surface area (Å²) in [5, 5.41) is 7.56. The zero-order valence-electron chi connectivity index (χ0n) is 17.0. The molecule has 30 heavy (non-hydrogen) atoms. The van der Waals surface area contributed by atoms with Crippen molar-refractivity contribution in [1.82, 2.24) is 19.7 Å². The number of ether oxygens (including phenoxy) is 1. The van der Waals surface area contributed by atoms with Crippen LogP contribution in [0.5, 0.6) is 5.75 Å². The molecular formula is C21H22N6O3. The van der Waals surface area contributed by atoms with Gasteiger partial charge in [-0.15, -0.1) is 0 Å². The molecule has 0 spiro atoms. The molecule has 0 fully saturated rings. The van der Waals surface area contributed by atoms with E-state index in [1.54, 1.807) is 16.8 Å². The Kier molecular flexibility index (Phi) is 4.94. The molecule has 0 bridgehead atoms. The Morgan fingerprint density at radius 3 is 2.50 bits per heavy atom. The Labute approximate surface area is 173 Å². The fourth-order valence-electron chi connectivity index (χ4n) is 3.73. The third-order valence-corrected chi connectivity index (χ3v) is 4.93. The molecule has 154 valence electrons. The highest BCUT2D eigenvalue weighted by Gasteiger charge is 2.33. The number of aryl methyl sites for hydroxylation is 3. The first kappa shape index (κ1) is 19.6. The first-order chi connectivity index (χ1) is 14.3. The van der Waals surface area contributed by atoms with Crippen molar-refractivity contribution in [3.05, 3.63) is 58.5 Å². The zero-order chi connectivity index (χ0) is 21.4. The molecule has 9 nitrogen and oxygen atoms in total. The molecule has 0 radical (unpaired) electrons. The molecule has 3 N–H and O–H groups in total. The molecule has 2 amide bonds. The zero-order valence-corrected chi connectivity index (χ0v) is 17.0. The maximum atomic E-state index is 12.5. The average Bonchev–Trinajstić information content (AvgIpc) is 3.02.